The number of hydrogen-bond donors (Lipinski definition) is 1. The van der Waals surface area contributed by atoms with Crippen LogP contribution in [0.1, 0.15) is 11.1 Å². The summed E-state index contributed by atoms with van der Waals surface area (Å²) in [6, 6.07) is 7.86. The maximum Gasteiger partial charge on any atom is 0.238 e. The van der Waals surface area contributed by atoms with Crippen LogP contribution in [0.5, 0.6) is 0 Å². The van der Waals surface area contributed by atoms with Gasteiger partial charge >= 0.3 is 0 Å². The largest absolute Gasteiger partial charge is 0.480 e. The van der Waals surface area contributed by atoms with E-state index in [0.29, 0.717) is 5.90 Å². The quantitative estimate of drug-likeness (QED) is 0.647. The van der Waals surface area contributed by atoms with Gasteiger partial charge in [-0.1, -0.05) is 24.8 Å². The minimum absolute atomic E-state index is 0.600. The second kappa shape index (κ2) is 2.94. The number of ether oxygens (including phenoxy) is 1. The van der Waals surface area contributed by atoms with Crippen LogP contribution in [0.25, 0.3) is 5.70 Å². The van der Waals surface area contributed by atoms with Gasteiger partial charge in [-0.15, -0.1) is 5.10 Å². The Balaban J connectivity index is 2.58. The van der Waals surface area contributed by atoms with Crippen molar-refractivity contribution in [1.29, 1.82) is 0 Å². The summed E-state index contributed by atoms with van der Waals surface area (Å²) in [6.07, 6.45) is 0. The molecule has 0 saturated heterocycles. The van der Waals surface area contributed by atoms with E-state index in [2.05, 4.69) is 17.1 Å². The fourth-order valence-electron chi connectivity index (χ4n) is 1.33. The number of benzene rings is 1. The number of methoxy groups -OCH3 is 1. The number of hydrazone groups is 1. The molecule has 1 aliphatic rings. The normalized spacial score (nSPS) is 14.2. The Morgan fingerprint density at radius 2 is 2.00 bits per heavy atom. The summed E-state index contributed by atoms with van der Waals surface area (Å²) in [5.41, 5.74) is 5.63. The summed E-state index contributed by atoms with van der Waals surface area (Å²) in [7, 11) is 1.60. The number of nitrogens with one attached hydrogen (secondary N) is 1. The van der Waals surface area contributed by atoms with Gasteiger partial charge in [0, 0.05) is 11.1 Å². The molecule has 0 amide bonds. The molecule has 13 heavy (non-hydrogen) atoms. The summed E-state index contributed by atoms with van der Waals surface area (Å²) < 4.78 is 5.11. The number of nitrogens with zero attached hydrogens (tertiary/aromatic N) is 1. The zero-order valence-corrected chi connectivity index (χ0v) is 7.37. The predicted octanol–water partition coefficient (Wildman–Crippen LogP) is 1.57. The summed E-state index contributed by atoms with van der Waals surface area (Å²) in [5.74, 6) is 0.600. The molecular weight excluding hydrogens is 164 g/mol. The van der Waals surface area contributed by atoms with Gasteiger partial charge < -0.3 is 4.74 Å². The first-order valence-corrected chi connectivity index (χ1v) is 3.99. The van der Waals surface area contributed by atoms with Crippen molar-refractivity contribution in [2.24, 2.45) is 5.10 Å². The molecular formula is C10H10N2O. The Kier molecular flexibility index (Phi) is 1.77. The summed E-state index contributed by atoms with van der Waals surface area (Å²) >= 11 is 0. The lowest BCUT2D eigenvalue weighted by atomic mass is 10.0. The summed E-state index contributed by atoms with van der Waals surface area (Å²) in [6.45, 7) is 3.85. The molecule has 1 aliphatic heterocycles. The first kappa shape index (κ1) is 7.86. The molecule has 3 nitrogen and oxygen atoms in total. The average molecular weight is 174 g/mol. The van der Waals surface area contributed by atoms with Crippen LogP contribution in [0.3, 0.4) is 0 Å². The zero-order valence-electron chi connectivity index (χ0n) is 7.37. The third kappa shape index (κ3) is 1.18. The van der Waals surface area contributed by atoms with E-state index in [0.717, 1.165) is 16.8 Å². The maximum absolute atomic E-state index is 5.11. The molecule has 0 unspecified atom stereocenters. The third-order valence-electron chi connectivity index (χ3n) is 1.97. The van der Waals surface area contributed by atoms with Gasteiger partial charge in [0.25, 0.3) is 0 Å². The molecule has 1 aromatic carbocycles. The fourth-order valence-corrected chi connectivity index (χ4v) is 1.33. The minimum Gasteiger partial charge on any atom is -0.480 e. The monoisotopic (exact) mass is 174 g/mol. The van der Waals surface area contributed by atoms with E-state index in [1.807, 2.05) is 24.3 Å². The van der Waals surface area contributed by atoms with E-state index in [1.54, 1.807) is 7.11 Å². The van der Waals surface area contributed by atoms with Gasteiger partial charge in [0.2, 0.25) is 5.90 Å². The predicted molar refractivity (Wildman–Crippen MR) is 52.2 cm³/mol. The number of fused-ring (bicyclic) bond motifs is 1. The van der Waals surface area contributed by atoms with Crippen LogP contribution in [-0.4, -0.2) is 13.0 Å². The van der Waals surface area contributed by atoms with Gasteiger partial charge in [0.05, 0.1) is 12.8 Å². The fraction of sp³-hybridized carbons (Fsp3) is 0.100. The molecule has 0 aliphatic carbocycles. The second-order valence-corrected chi connectivity index (χ2v) is 2.76. The van der Waals surface area contributed by atoms with E-state index in [9.17, 15) is 0 Å². The summed E-state index contributed by atoms with van der Waals surface area (Å²) in [5, 5.41) is 4.02. The molecule has 0 aromatic heterocycles. The Morgan fingerprint density at radius 3 is 2.69 bits per heavy atom. The molecule has 3 heteroatoms. The van der Waals surface area contributed by atoms with Crippen molar-refractivity contribution in [1.82, 2.24) is 5.43 Å². The Labute approximate surface area is 76.7 Å². The molecule has 1 aromatic rings. The van der Waals surface area contributed by atoms with Gasteiger partial charge in [-0.05, 0) is 6.07 Å². The molecule has 0 radical (unpaired) electrons. The van der Waals surface area contributed by atoms with Crippen LogP contribution < -0.4 is 5.43 Å². The zero-order chi connectivity index (χ0) is 9.26. The Hall–Kier alpha value is -1.77. The van der Waals surface area contributed by atoms with Crippen molar-refractivity contribution in [2.45, 2.75) is 0 Å². The van der Waals surface area contributed by atoms with Crippen molar-refractivity contribution in [3.8, 4) is 0 Å². The van der Waals surface area contributed by atoms with Crippen LogP contribution in [0.4, 0.5) is 0 Å². The molecule has 0 bridgehead atoms. The molecule has 0 saturated carbocycles. The number of rotatable bonds is 0. The smallest absolute Gasteiger partial charge is 0.238 e. The molecule has 2 rings (SSSR count). The van der Waals surface area contributed by atoms with Crippen LogP contribution >= 0.6 is 0 Å². The lowest BCUT2D eigenvalue weighted by Gasteiger charge is -2.17. The van der Waals surface area contributed by atoms with Crippen LogP contribution in [0, 0.1) is 0 Å². The summed E-state index contributed by atoms with van der Waals surface area (Å²) in [4.78, 5) is 0. The second-order valence-electron chi connectivity index (χ2n) is 2.76. The highest BCUT2D eigenvalue weighted by molar-refractivity contribution is 6.00. The molecule has 0 spiro atoms. The van der Waals surface area contributed by atoms with Gasteiger partial charge in [-0.25, -0.2) is 0 Å². The van der Waals surface area contributed by atoms with E-state index in [1.165, 1.54) is 0 Å². The van der Waals surface area contributed by atoms with Crippen molar-refractivity contribution in [3.05, 3.63) is 42.0 Å². The standard InChI is InChI=1S/C10H10N2O/c1-7-8-5-3-4-6-9(8)10(13-2)12-11-7/h3-6,11H,1H2,2H3. The first-order valence-electron chi connectivity index (χ1n) is 3.99. The molecule has 0 atom stereocenters. The highest BCUT2D eigenvalue weighted by atomic mass is 16.5. The first-order chi connectivity index (χ1) is 6.33. The topological polar surface area (TPSA) is 33.6 Å². The minimum atomic E-state index is 0.600. The highest BCUT2D eigenvalue weighted by Gasteiger charge is 2.15. The lowest BCUT2D eigenvalue weighted by molar-refractivity contribution is 0.399. The maximum atomic E-state index is 5.11. The van der Waals surface area contributed by atoms with Crippen LogP contribution in [-0.2, 0) is 4.74 Å². The van der Waals surface area contributed by atoms with E-state index in [-0.39, 0.29) is 0 Å². The highest BCUT2D eigenvalue weighted by Crippen LogP contribution is 2.20. The van der Waals surface area contributed by atoms with Gasteiger partial charge in [0.1, 0.15) is 0 Å². The van der Waals surface area contributed by atoms with Crippen LogP contribution in [0.2, 0.25) is 0 Å². The van der Waals surface area contributed by atoms with Crippen molar-refractivity contribution >= 4 is 11.6 Å². The molecule has 66 valence electrons. The van der Waals surface area contributed by atoms with Crippen molar-refractivity contribution in [3.63, 3.8) is 0 Å². The van der Waals surface area contributed by atoms with Crippen molar-refractivity contribution in [2.75, 3.05) is 7.11 Å². The van der Waals surface area contributed by atoms with E-state index < -0.39 is 0 Å². The Bertz CT molecular complexity index is 382. The van der Waals surface area contributed by atoms with Crippen molar-refractivity contribution < 1.29 is 4.74 Å². The van der Waals surface area contributed by atoms with E-state index in [4.69, 9.17) is 4.74 Å². The molecule has 0 fully saturated rings. The number of hydrogen-bond acceptors (Lipinski definition) is 3. The van der Waals surface area contributed by atoms with E-state index >= 15 is 0 Å². The Morgan fingerprint density at radius 1 is 1.31 bits per heavy atom. The molecule has 1 heterocycles. The molecule has 1 N–H and O–H groups in total. The van der Waals surface area contributed by atoms with Gasteiger partial charge in [0.15, 0.2) is 0 Å². The lowest BCUT2D eigenvalue weighted by Crippen LogP contribution is -2.19. The SMILES string of the molecule is C=C1NN=C(OC)c2ccccc21. The van der Waals surface area contributed by atoms with Crippen LogP contribution in [0.15, 0.2) is 35.9 Å². The van der Waals surface area contributed by atoms with Gasteiger partial charge in [-0.2, -0.15) is 0 Å². The van der Waals surface area contributed by atoms with Gasteiger partial charge in [-0.3, -0.25) is 5.43 Å². The average Bonchev–Trinajstić information content (AvgIpc) is 2.19. The third-order valence-corrected chi connectivity index (χ3v) is 1.97.